The van der Waals surface area contributed by atoms with Crippen molar-refractivity contribution in [2.75, 3.05) is 12.3 Å². The van der Waals surface area contributed by atoms with Crippen LogP contribution < -0.4 is 15.6 Å². The minimum atomic E-state index is 0.117. The van der Waals surface area contributed by atoms with Crippen molar-refractivity contribution in [3.8, 4) is 23.1 Å². The standard InChI is InChI=1S/C30H29ClN5/c1-5-16-35-20(3)22-7-9-23(10-8-22)30-19(2)29(31)28-26(36(30)4)13-12-25(33)27(28)24(32)11-6-21-14-17-34-18-15-21/h7-10,12-15,17-18,32,35H,3,5,16,33H2,1-2,4H3/q+1. The van der Waals surface area contributed by atoms with E-state index < -0.39 is 0 Å². The maximum Gasteiger partial charge on any atom is 0.217 e. The summed E-state index contributed by atoms with van der Waals surface area (Å²) in [5, 5.41) is 13.3. The molecule has 0 saturated heterocycles. The zero-order chi connectivity index (χ0) is 25.8. The fourth-order valence-electron chi connectivity index (χ4n) is 4.29. The molecule has 36 heavy (non-hydrogen) atoms. The number of nitrogens with zero attached hydrogens (tertiary/aromatic N) is 2. The highest BCUT2D eigenvalue weighted by atomic mass is 35.5. The Morgan fingerprint density at radius 1 is 1.14 bits per heavy atom. The fourth-order valence-corrected chi connectivity index (χ4v) is 4.57. The minimum absolute atomic E-state index is 0.117. The number of nitrogens with two attached hydrogens (primary N) is 1. The lowest BCUT2D eigenvalue weighted by atomic mass is 9.96. The Labute approximate surface area is 217 Å². The highest BCUT2D eigenvalue weighted by molar-refractivity contribution is 6.38. The first kappa shape index (κ1) is 25.0. The van der Waals surface area contributed by atoms with Gasteiger partial charge in [0.25, 0.3) is 0 Å². The summed E-state index contributed by atoms with van der Waals surface area (Å²) in [6.07, 6.45) is 4.39. The van der Waals surface area contributed by atoms with Crippen molar-refractivity contribution in [1.29, 1.82) is 5.41 Å². The molecule has 2 aromatic heterocycles. The predicted octanol–water partition coefficient (Wildman–Crippen LogP) is 5.66. The molecule has 0 unspecified atom stereocenters. The quantitative estimate of drug-likeness (QED) is 0.140. The number of rotatable bonds is 6. The van der Waals surface area contributed by atoms with Crippen LogP contribution in [0.3, 0.4) is 0 Å². The smallest absolute Gasteiger partial charge is 0.217 e. The van der Waals surface area contributed by atoms with Crippen molar-refractivity contribution in [2.24, 2.45) is 7.05 Å². The maximum atomic E-state index is 8.72. The summed E-state index contributed by atoms with van der Waals surface area (Å²) in [4.78, 5) is 4.01. The van der Waals surface area contributed by atoms with E-state index in [1.165, 1.54) is 0 Å². The third-order valence-corrected chi connectivity index (χ3v) is 6.65. The molecule has 6 heteroatoms. The van der Waals surface area contributed by atoms with Crippen molar-refractivity contribution in [3.63, 3.8) is 0 Å². The number of hydrogen-bond donors (Lipinski definition) is 3. The van der Waals surface area contributed by atoms with Gasteiger partial charge in [0.2, 0.25) is 11.2 Å². The number of nitrogen functional groups attached to an aromatic ring is 1. The van der Waals surface area contributed by atoms with E-state index in [9.17, 15) is 0 Å². The molecule has 0 bridgehead atoms. The van der Waals surface area contributed by atoms with E-state index in [4.69, 9.17) is 22.7 Å². The van der Waals surface area contributed by atoms with E-state index in [0.29, 0.717) is 16.3 Å². The molecule has 4 aromatic rings. The molecule has 0 aliphatic carbocycles. The summed E-state index contributed by atoms with van der Waals surface area (Å²) in [6, 6.07) is 15.7. The van der Waals surface area contributed by atoms with Gasteiger partial charge in [-0.2, -0.15) is 4.57 Å². The van der Waals surface area contributed by atoms with Gasteiger partial charge in [-0.15, -0.1) is 0 Å². The molecule has 2 aromatic carbocycles. The summed E-state index contributed by atoms with van der Waals surface area (Å²) < 4.78 is 2.10. The summed E-state index contributed by atoms with van der Waals surface area (Å²) in [6.45, 7) is 9.15. The number of aromatic nitrogens is 2. The van der Waals surface area contributed by atoms with Crippen LogP contribution >= 0.6 is 11.6 Å². The highest BCUT2D eigenvalue weighted by Crippen LogP contribution is 2.36. The van der Waals surface area contributed by atoms with Crippen LogP contribution in [0.2, 0.25) is 5.02 Å². The average molecular weight is 495 g/mol. The second-order valence-corrected chi connectivity index (χ2v) is 8.99. The van der Waals surface area contributed by atoms with E-state index in [0.717, 1.165) is 57.5 Å². The summed E-state index contributed by atoms with van der Waals surface area (Å²) in [5.74, 6) is 5.95. The van der Waals surface area contributed by atoms with Gasteiger partial charge >= 0.3 is 0 Å². The van der Waals surface area contributed by atoms with Crippen LogP contribution in [-0.4, -0.2) is 17.2 Å². The molecule has 5 nitrogen and oxygen atoms in total. The zero-order valence-electron chi connectivity index (χ0n) is 20.7. The first-order valence-corrected chi connectivity index (χ1v) is 12.2. The third-order valence-electron chi connectivity index (χ3n) is 6.17. The molecular formula is C30H29ClN5+. The molecule has 0 aliphatic heterocycles. The highest BCUT2D eigenvalue weighted by Gasteiger charge is 2.26. The van der Waals surface area contributed by atoms with Gasteiger partial charge in [-0.3, -0.25) is 10.4 Å². The van der Waals surface area contributed by atoms with E-state index in [2.05, 4.69) is 64.5 Å². The number of nitrogens with one attached hydrogen (secondary N) is 2. The summed E-state index contributed by atoms with van der Waals surface area (Å²) in [7, 11) is 2.00. The van der Waals surface area contributed by atoms with Gasteiger partial charge in [-0.1, -0.05) is 43.2 Å². The lowest BCUT2D eigenvalue weighted by Crippen LogP contribution is -2.34. The van der Waals surface area contributed by atoms with Gasteiger partial charge in [0.15, 0.2) is 0 Å². The summed E-state index contributed by atoms with van der Waals surface area (Å²) in [5.41, 5.74) is 14.0. The van der Waals surface area contributed by atoms with Gasteiger partial charge in [0.1, 0.15) is 12.8 Å². The maximum absolute atomic E-state index is 8.72. The molecular weight excluding hydrogens is 466 g/mol. The van der Waals surface area contributed by atoms with Gasteiger partial charge in [0, 0.05) is 58.6 Å². The molecule has 4 N–H and O–H groups in total. The van der Waals surface area contributed by atoms with Crippen molar-refractivity contribution in [2.45, 2.75) is 20.3 Å². The molecule has 0 fully saturated rings. The molecule has 0 amide bonds. The third kappa shape index (κ3) is 4.82. The number of anilines is 1. The number of hydrogen-bond acceptors (Lipinski definition) is 4. The largest absolute Gasteiger partial charge is 0.398 e. The van der Waals surface area contributed by atoms with Crippen molar-refractivity contribution < 1.29 is 4.57 Å². The second-order valence-electron chi connectivity index (χ2n) is 8.61. The molecule has 180 valence electrons. The van der Waals surface area contributed by atoms with Crippen LogP contribution in [0.5, 0.6) is 0 Å². The minimum Gasteiger partial charge on any atom is -0.398 e. The Kier molecular flexibility index (Phi) is 7.38. The molecule has 0 spiro atoms. The molecule has 0 atom stereocenters. The molecule has 0 aliphatic rings. The Morgan fingerprint density at radius 3 is 2.50 bits per heavy atom. The predicted molar refractivity (Wildman–Crippen MR) is 150 cm³/mol. The normalized spacial score (nSPS) is 10.6. The first-order chi connectivity index (χ1) is 17.3. The van der Waals surface area contributed by atoms with Crippen LogP contribution in [0.4, 0.5) is 5.69 Å². The van der Waals surface area contributed by atoms with Crippen LogP contribution in [0.15, 0.2) is 67.5 Å². The van der Waals surface area contributed by atoms with Crippen LogP contribution in [0.1, 0.15) is 35.6 Å². The molecule has 0 saturated carbocycles. The van der Waals surface area contributed by atoms with Gasteiger partial charge in [-0.25, -0.2) is 0 Å². The number of fused-ring (bicyclic) bond motifs is 1. The number of benzene rings is 2. The Balaban J connectivity index is 1.81. The van der Waals surface area contributed by atoms with E-state index >= 15 is 0 Å². The zero-order valence-corrected chi connectivity index (χ0v) is 21.5. The topological polar surface area (TPSA) is 78.7 Å². The molecule has 4 rings (SSSR count). The first-order valence-electron chi connectivity index (χ1n) is 11.8. The van der Waals surface area contributed by atoms with Gasteiger partial charge in [0.05, 0.1) is 10.4 Å². The van der Waals surface area contributed by atoms with Crippen LogP contribution in [0, 0.1) is 24.2 Å². The van der Waals surface area contributed by atoms with Crippen molar-refractivity contribution in [3.05, 3.63) is 94.8 Å². The average Bonchev–Trinajstić information content (AvgIpc) is 2.90. The van der Waals surface area contributed by atoms with Crippen LogP contribution in [-0.2, 0) is 7.05 Å². The van der Waals surface area contributed by atoms with E-state index in [-0.39, 0.29) is 5.71 Å². The lowest BCUT2D eigenvalue weighted by molar-refractivity contribution is -0.633. The Bertz CT molecular complexity index is 1530. The lowest BCUT2D eigenvalue weighted by Gasteiger charge is -2.14. The Hall–Kier alpha value is -4.14. The van der Waals surface area contributed by atoms with Gasteiger partial charge in [-0.05, 0) is 55.2 Å². The second kappa shape index (κ2) is 10.6. The number of halogens is 1. The summed E-state index contributed by atoms with van der Waals surface area (Å²) >= 11 is 6.98. The fraction of sp³-hybridized carbons (Fsp3) is 0.167. The molecule has 0 radical (unpaired) electrons. The van der Waals surface area contributed by atoms with Crippen molar-refractivity contribution >= 4 is 39.6 Å². The van der Waals surface area contributed by atoms with E-state index in [1.807, 2.05) is 26.1 Å². The van der Waals surface area contributed by atoms with E-state index in [1.54, 1.807) is 24.5 Å². The number of aryl methyl sites for hydroxylation is 1. The van der Waals surface area contributed by atoms with Crippen molar-refractivity contribution in [1.82, 2.24) is 10.3 Å². The Morgan fingerprint density at radius 2 is 1.83 bits per heavy atom. The monoisotopic (exact) mass is 494 g/mol. The SMILES string of the molecule is C=C(NCCC)c1ccc(-c2c(C)c(Cl)c3c(C(=N)C#Cc4ccncc4)c(N)ccc3[n+]2C)cc1. The molecule has 2 heterocycles. The van der Waals surface area contributed by atoms with Gasteiger partial charge < -0.3 is 11.1 Å². The van der Waals surface area contributed by atoms with Crippen LogP contribution in [0.25, 0.3) is 27.9 Å². The number of pyridine rings is 2.